The fourth-order valence-corrected chi connectivity index (χ4v) is 13.4. The highest BCUT2D eigenvalue weighted by atomic mass is 16.6. The van der Waals surface area contributed by atoms with E-state index in [1.165, 1.54) is 78.0 Å². The molecule has 0 radical (unpaired) electrons. The number of anilines is 3. The van der Waals surface area contributed by atoms with Crippen LogP contribution >= 0.6 is 0 Å². The van der Waals surface area contributed by atoms with Crippen molar-refractivity contribution in [2.75, 3.05) is 115 Å². The highest BCUT2D eigenvalue weighted by molar-refractivity contribution is 6.01. The zero-order valence-corrected chi connectivity index (χ0v) is 80.6. The van der Waals surface area contributed by atoms with Crippen LogP contribution in [0.1, 0.15) is 129 Å². The van der Waals surface area contributed by atoms with Gasteiger partial charge in [-0.2, -0.15) is 15.8 Å². The van der Waals surface area contributed by atoms with Crippen LogP contribution in [0.5, 0.6) is 0 Å². The number of nitrogens with two attached hydrogens (primary N) is 1. The molecule has 36 nitrogen and oxygen atoms in total. The second-order valence-electron chi connectivity index (χ2n) is 32.3. The van der Waals surface area contributed by atoms with E-state index in [4.69, 9.17) is 75.7 Å². The number of rotatable bonds is 45. The van der Waals surface area contributed by atoms with Crippen molar-refractivity contribution < 1.29 is 114 Å². The third-order valence-corrected chi connectivity index (χ3v) is 21.2. The van der Waals surface area contributed by atoms with Crippen LogP contribution in [0.3, 0.4) is 0 Å². The van der Waals surface area contributed by atoms with Gasteiger partial charge in [-0.1, -0.05) is 149 Å². The maximum absolute atomic E-state index is 12.7. The van der Waals surface area contributed by atoms with E-state index in [-0.39, 0.29) is 165 Å². The Morgan fingerprint density at radius 1 is 0.308 bits per heavy atom. The molecule has 0 bridgehead atoms. The predicted octanol–water partition coefficient (Wildman–Crippen LogP) is 13.1. The van der Waals surface area contributed by atoms with Crippen LogP contribution < -0.4 is 36.4 Å². The molecule has 4 unspecified atom stereocenters. The molecular formula is C107H110N12O24. The third-order valence-electron chi connectivity index (χ3n) is 21.2. The molecule has 1 aliphatic carbocycles. The van der Waals surface area contributed by atoms with Crippen LogP contribution in [0, 0.1) is 47.1 Å². The van der Waals surface area contributed by atoms with Gasteiger partial charge in [0.25, 0.3) is 11.4 Å². The van der Waals surface area contributed by atoms with Crippen molar-refractivity contribution in [1.29, 1.82) is 15.8 Å². The molecule has 143 heavy (non-hydrogen) atoms. The van der Waals surface area contributed by atoms with Gasteiger partial charge in [-0.15, -0.1) is 0 Å². The first kappa shape index (κ1) is 112. The van der Waals surface area contributed by atoms with E-state index in [9.17, 15) is 73.3 Å². The molecule has 0 spiro atoms. The number of nitrogens with one attached hydrogen (secondary N) is 3. The summed E-state index contributed by atoms with van der Waals surface area (Å²) in [6, 6.07) is 49.3. The number of benzene rings is 6. The normalized spacial score (nSPS) is 15.5. The first-order valence-electron chi connectivity index (χ1n) is 44.3. The Kier molecular flexibility index (Phi) is 44.7. The van der Waals surface area contributed by atoms with Crippen LogP contribution in [-0.2, 0) is 114 Å². The number of carbonyl (C=O) groups excluding carboxylic acids is 12. The summed E-state index contributed by atoms with van der Waals surface area (Å²) in [5, 5.41) is 39.8. The number of nitriles is 3. The summed E-state index contributed by atoms with van der Waals surface area (Å²) < 4.78 is 60.4. The van der Waals surface area contributed by atoms with Gasteiger partial charge in [0.05, 0.1) is 31.6 Å². The van der Waals surface area contributed by atoms with Crippen molar-refractivity contribution in [3.05, 3.63) is 325 Å². The number of ether oxygens (including phenoxy) is 12. The van der Waals surface area contributed by atoms with Gasteiger partial charge in [0, 0.05) is 89.8 Å². The highest BCUT2D eigenvalue weighted by Crippen LogP contribution is 2.37. The minimum Gasteiger partial charge on any atom is -0.467 e. The standard InChI is InChI=1S/C56H62N6O12.C51H48N6O12/c1-36(2)51(63)69-22-25-72-54(66)42(34-57)28-39-10-16-44(17-11-39)60(7)47-31-48(61(8)45-18-12-40(13-19-45)29-43(35-58)55(67)73-26-23-70-52(64)37(3)4)33-49(32-47)62(9)46-20-14-41(15-21-46)30-50(59)56(68)74-27-24-71-53(65)38(5)6;1-31(2)46(58)64-21-24-67-49(61)40(30-52)27-34-9-15-37(16-10-34)43-55-44(38-17-11-35(12-18-38)28-41(53-7)50(62)68-25-22-65-47(59)32(3)4)57-45(56-43)39-19-13-36(14-20-39)29-42(54-8)51(63)69-26-23-66-48(60)33(5)6/h10-21,28-30,47-49H,1,3,5,22-27,31-33,59H2,2,4,6-9H3;9-20,27-29,43-45,55-57H,1,3,5,21-26H2,2,4,6H3/b42-28+,43-29+,50-30-;40-27+,41-28-,42-29-. The fourth-order valence-electron chi connectivity index (χ4n) is 13.4. The lowest BCUT2D eigenvalue weighted by Gasteiger charge is -2.47. The van der Waals surface area contributed by atoms with Gasteiger partial charge in [-0.3, -0.25) is 25.5 Å². The van der Waals surface area contributed by atoms with Crippen molar-refractivity contribution in [2.24, 2.45) is 5.73 Å². The molecule has 1 heterocycles. The zero-order chi connectivity index (χ0) is 105. The quantitative estimate of drug-likeness (QED) is 0.00689. The van der Waals surface area contributed by atoms with Crippen LogP contribution in [-0.4, -0.2) is 190 Å². The number of esters is 12. The Bertz CT molecular complexity index is 5750. The average molecular weight is 1950 g/mol. The molecule has 2 aliphatic rings. The van der Waals surface area contributed by atoms with Crippen molar-refractivity contribution >= 4 is 125 Å². The van der Waals surface area contributed by atoms with Gasteiger partial charge in [0.1, 0.15) is 120 Å². The molecule has 0 amide bonds. The average Bonchev–Trinajstić information content (AvgIpc) is 0.797. The van der Waals surface area contributed by atoms with Crippen LogP contribution in [0.25, 0.3) is 46.1 Å². The third kappa shape index (κ3) is 36.3. The lowest BCUT2D eigenvalue weighted by molar-refractivity contribution is -0.147. The summed E-state index contributed by atoms with van der Waals surface area (Å²) in [6.07, 6.45) is 9.26. The summed E-state index contributed by atoms with van der Waals surface area (Å²) >= 11 is 0. The molecule has 8 rings (SSSR count). The molecule has 1 aliphatic heterocycles. The lowest BCUT2D eigenvalue weighted by atomic mass is 9.84. The molecule has 0 aromatic heterocycles. The molecular weight excluding hydrogens is 1840 g/mol. The van der Waals surface area contributed by atoms with E-state index in [0.717, 1.165) is 53.0 Å². The zero-order valence-electron chi connectivity index (χ0n) is 80.6. The summed E-state index contributed by atoms with van der Waals surface area (Å²) in [5.74, 6) is -8.82. The summed E-state index contributed by atoms with van der Waals surface area (Å²) in [5.41, 5.74) is 14.4. The number of hydrogen-bond donors (Lipinski definition) is 4. The molecule has 36 heteroatoms. The second-order valence-corrected chi connectivity index (χ2v) is 32.3. The van der Waals surface area contributed by atoms with Gasteiger partial charge < -0.3 is 77.3 Å². The summed E-state index contributed by atoms with van der Waals surface area (Å²) in [7, 11) is 6.07. The molecule has 1 saturated carbocycles. The van der Waals surface area contributed by atoms with Gasteiger partial charge >= 0.3 is 71.6 Å². The van der Waals surface area contributed by atoms with Crippen LogP contribution in [0.4, 0.5) is 17.1 Å². The molecule has 742 valence electrons. The topological polar surface area (TPSA) is 468 Å². The van der Waals surface area contributed by atoms with Crippen molar-refractivity contribution in [3.63, 3.8) is 0 Å². The van der Waals surface area contributed by atoms with E-state index >= 15 is 0 Å². The van der Waals surface area contributed by atoms with E-state index in [0.29, 0.717) is 33.4 Å². The Morgan fingerprint density at radius 2 is 0.490 bits per heavy atom. The first-order chi connectivity index (χ1) is 68.2. The van der Waals surface area contributed by atoms with Gasteiger partial charge in [0.2, 0.25) is 0 Å². The largest absolute Gasteiger partial charge is 0.467 e. The lowest BCUT2D eigenvalue weighted by Crippen LogP contribution is -2.54. The van der Waals surface area contributed by atoms with Crippen LogP contribution in [0.15, 0.2) is 252 Å². The maximum Gasteiger partial charge on any atom is 0.354 e. The summed E-state index contributed by atoms with van der Waals surface area (Å²) in [6.45, 7) is 42.5. The van der Waals surface area contributed by atoms with Crippen LogP contribution in [0.2, 0.25) is 0 Å². The molecule has 4 atom stereocenters. The van der Waals surface area contributed by atoms with Crippen molar-refractivity contribution in [3.8, 4) is 18.2 Å². The minimum atomic E-state index is -0.892. The molecule has 6 aromatic carbocycles. The smallest absolute Gasteiger partial charge is 0.354 e. The Hall–Kier alpha value is -17.6. The van der Waals surface area contributed by atoms with Gasteiger partial charge in [-0.05, 0) is 184 Å². The second kappa shape index (κ2) is 56.9. The van der Waals surface area contributed by atoms with Crippen molar-refractivity contribution in [2.45, 2.75) is 97.4 Å². The number of carbonyl (C=O) groups is 12. The molecule has 2 fully saturated rings. The van der Waals surface area contributed by atoms with Gasteiger partial charge in [-0.25, -0.2) is 57.6 Å². The maximum atomic E-state index is 12.7. The minimum absolute atomic E-state index is 0.0155. The monoisotopic (exact) mass is 1950 g/mol. The van der Waals surface area contributed by atoms with E-state index in [1.807, 2.05) is 112 Å². The SMILES string of the molecule is C=C(C)C(=O)OCCOC(=O)/C(N)=C/c1ccc(N(C)C2CC(N(C)c3ccc(/C=C(\C#N)C(=O)OCCOC(=O)C(=C)C)cc3)CC(N(C)c3ccc(/C=C(\C#N)C(=O)OCCOC(=O)C(=C)C)cc3)C2)cc1.[C-]#[N+]/C(=C\c1ccc(C2NC(c3ccc(/C=C(\[N+]#[C-])C(=O)OCCOC(=O)C(=C)C)cc3)NC(c3ccc(/C=C(\C#N)C(=O)OCCOC(=O)C(=C)C)cc3)N2)cc1)C(=O)OCCOC(=O)C(=C)C. The summed E-state index contributed by atoms with van der Waals surface area (Å²) in [4.78, 5) is 159. The number of hydrogen-bond acceptors (Lipinski definition) is 34. The molecule has 6 aromatic rings. The first-order valence-corrected chi connectivity index (χ1v) is 44.3. The Morgan fingerprint density at radius 3 is 0.692 bits per heavy atom. The van der Waals surface area contributed by atoms with E-state index in [1.54, 1.807) is 72.8 Å². The predicted molar refractivity (Wildman–Crippen MR) is 529 cm³/mol. The molecule has 5 N–H and O–H groups in total. The van der Waals surface area contributed by atoms with Crippen molar-refractivity contribution in [1.82, 2.24) is 16.0 Å². The Labute approximate surface area is 828 Å². The van der Waals surface area contributed by atoms with Gasteiger partial charge in [0.15, 0.2) is 0 Å². The molecule has 1 saturated heterocycles. The fraction of sp³-hybridized carbons (Fsp3) is 0.280. The van der Waals surface area contributed by atoms with E-state index < -0.39 is 90.1 Å². The number of nitrogens with zero attached hydrogens (tertiary/aromatic N) is 8. The van der Waals surface area contributed by atoms with E-state index in [2.05, 4.69) is 79.8 Å². The Balaban J connectivity index is 0.000000389. The highest BCUT2D eigenvalue weighted by Gasteiger charge is 2.37.